The van der Waals surface area contributed by atoms with Crippen molar-refractivity contribution in [1.29, 1.82) is 0 Å². The van der Waals surface area contributed by atoms with Gasteiger partial charge < -0.3 is 19.8 Å². The zero-order valence-corrected chi connectivity index (χ0v) is 31.7. The third-order valence-electron chi connectivity index (χ3n) is 8.51. The molecule has 46 heavy (non-hydrogen) atoms. The zero-order chi connectivity index (χ0) is 34.4. The highest BCUT2D eigenvalue weighted by Gasteiger charge is 2.28. The Morgan fingerprint density at radius 1 is 0.717 bits per heavy atom. The number of carbonyl (C=O) groups is 1. The number of rotatable bonds is 34. The number of hydrogen-bond donors (Lipinski definition) is 3. The highest BCUT2D eigenvalue weighted by molar-refractivity contribution is 7.47. The lowest BCUT2D eigenvalue weighted by atomic mass is 10.0. The van der Waals surface area contributed by atoms with Gasteiger partial charge in [-0.15, -0.1) is 0 Å². The lowest BCUT2D eigenvalue weighted by Crippen LogP contribution is -2.46. The Kier molecular flexibility index (Phi) is 29.8. The van der Waals surface area contributed by atoms with E-state index in [9.17, 15) is 19.4 Å². The molecular formula is C37H76N2O6P+. The Hall–Kier alpha value is -0.760. The molecule has 0 aromatic carbocycles. The molecule has 1 amide bonds. The molecule has 0 aromatic heterocycles. The van der Waals surface area contributed by atoms with E-state index in [4.69, 9.17) is 9.05 Å². The molecule has 0 bridgehead atoms. The van der Waals surface area contributed by atoms with Crippen molar-refractivity contribution in [3.8, 4) is 0 Å². The molecule has 0 saturated heterocycles. The second-order valence-electron chi connectivity index (χ2n) is 14.3. The minimum absolute atomic E-state index is 0.0744. The Bertz CT molecular complexity index is 773. The molecule has 0 aliphatic rings. The van der Waals surface area contributed by atoms with Gasteiger partial charge in [-0.3, -0.25) is 13.8 Å². The molecule has 0 saturated carbocycles. The largest absolute Gasteiger partial charge is 0.472 e. The van der Waals surface area contributed by atoms with Crippen LogP contribution in [0.15, 0.2) is 12.2 Å². The molecule has 3 unspecified atom stereocenters. The minimum Gasteiger partial charge on any atom is -0.391 e. The van der Waals surface area contributed by atoms with Crippen LogP contribution >= 0.6 is 7.82 Å². The summed E-state index contributed by atoms with van der Waals surface area (Å²) in [4.78, 5) is 23.0. The SMILES string of the molecule is CCCCC/C=C\CCCCCCCC(=O)NC(COP(=O)(O)OCC[N+](C)(C)C)C(O)CCCCCCCCCCCCCC. The van der Waals surface area contributed by atoms with Crippen molar-refractivity contribution < 1.29 is 32.9 Å². The fourth-order valence-electron chi connectivity index (χ4n) is 5.39. The molecule has 274 valence electrons. The predicted molar refractivity (Wildman–Crippen MR) is 194 cm³/mol. The van der Waals surface area contributed by atoms with Gasteiger partial charge in [0.25, 0.3) is 0 Å². The van der Waals surface area contributed by atoms with Crippen molar-refractivity contribution >= 4 is 13.7 Å². The van der Waals surface area contributed by atoms with Crippen molar-refractivity contribution in [2.45, 2.75) is 180 Å². The molecule has 0 radical (unpaired) electrons. The lowest BCUT2D eigenvalue weighted by Gasteiger charge is -2.26. The van der Waals surface area contributed by atoms with E-state index in [-0.39, 0.29) is 19.1 Å². The van der Waals surface area contributed by atoms with E-state index in [2.05, 4.69) is 31.3 Å². The predicted octanol–water partition coefficient (Wildman–Crippen LogP) is 9.63. The van der Waals surface area contributed by atoms with Gasteiger partial charge in [0.15, 0.2) is 0 Å². The maximum absolute atomic E-state index is 12.8. The molecule has 0 aromatic rings. The number of carbonyl (C=O) groups excluding carboxylic acids is 1. The molecule has 3 N–H and O–H groups in total. The summed E-state index contributed by atoms with van der Waals surface area (Å²) in [6, 6.07) is -0.758. The Balaban J connectivity index is 4.49. The van der Waals surface area contributed by atoms with E-state index >= 15 is 0 Å². The van der Waals surface area contributed by atoms with Gasteiger partial charge in [0, 0.05) is 6.42 Å². The summed E-state index contributed by atoms with van der Waals surface area (Å²) >= 11 is 0. The second kappa shape index (κ2) is 30.3. The van der Waals surface area contributed by atoms with Crippen LogP contribution in [0.4, 0.5) is 0 Å². The van der Waals surface area contributed by atoms with Gasteiger partial charge in [0.1, 0.15) is 13.2 Å². The highest BCUT2D eigenvalue weighted by atomic mass is 31.2. The molecule has 0 heterocycles. The quantitative estimate of drug-likeness (QED) is 0.0272. The van der Waals surface area contributed by atoms with Gasteiger partial charge in [-0.2, -0.15) is 0 Å². The van der Waals surface area contributed by atoms with Crippen LogP contribution in [0.5, 0.6) is 0 Å². The number of nitrogens with zero attached hydrogens (tertiary/aromatic N) is 1. The smallest absolute Gasteiger partial charge is 0.391 e. The van der Waals surface area contributed by atoms with E-state index in [0.29, 0.717) is 23.9 Å². The number of hydrogen-bond acceptors (Lipinski definition) is 5. The molecule has 3 atom stereocenters. The van der Waals surface area contributed by atoms with Crippen LogP contribution in [0.1, 0.15) is 168 Å². The molecule has 8 nitrogen and oxygen atoms in total. The molecule has 0 spiro atoms. The fourth-order valence-corrected chi connectivity index (χ4v) is 6.13. The second-order valence-corrected chi connectivity index (χ2v) is 15.8. The van der Waals surface area contributed by atoms with Crippen molar-refractivity contribution in [3.05, 3.63) is 12.2 Å². The first-order valence-corrected chi connectivity index (χ1v) is 20.5. The van der Waals surface area contributed by atoms with Gasteiger partial charge in [-0.1, -0.05) is 135 Å². The zero-order valence-electron chi connectivity index (χ0n) is 30.8. The van der Waals surface area contributed by atoms with Crippen LogP contribution < -0.4 is 5.32 Å². The molecule has 0 rings (SSSR count). The number of amides is 1. The third kappa shape index (κ3) is 31.8. The average Bonchev–Trinajstić information content (AvgIpc) is 2.99. The Morgan fingerprint density at radius 3 is 1.72 bits per heavy atom. The van der Waals surface area contributed by atoms with Crippen LogP contribution in [0, 0.1) is 0 Å². The maximum atomic E-state index is 12.8. The van der Waals surface area contributed by atoms with E-state index in [1.165, 1.54) is 89.9 Å². The number of quaternary nitrogens is 1. The number of aliphatic hydroxyl groups excluding tert-OH is 1. The fraction of sp³-hybridized carbons (Fsp3) is 0.919. The topological polar surface area (TPSA) is 105 Å². The number of phosphoric acid groups is 1. The van der Waals surface area contributed by atoms with Gasteiger partial charge >= 0.3 is 7.82 Å². The molecule has 0 aliphatic carbocycles. The lowest BCUT2D eigenvalue weighted by molar-refractivity contribution is -0.870. The maximum Gasteiger partial charge on any atom is 0.472 e. The standard InChI is InChI=1S/C37H75N2O6P/c1-6-8-10-12-14-16-18-20-22-24-26-28-30-36(40)35(34-45-46(42,43)44-33-32-39(3,4)5)38-37(41)31-29-27-25-23-21-19-17-15-13-11-9-7-2/h15,17,35-36,40H,6-14,16,18-34H2,1-5H3,(H-,38,41,42,43)/p+1/b17-15-. The van der Waals surface area contributed by atoms with E-state index in [1.807, 2.05) is 21.1 Å². The summed E-state index contributed by atoms with van der Waals surface area (Å²) in [5.74, 6) is -0.156. The van der Waals surface area contributed by atoms with Crippen LogP contribution in [-0.2, 0) is 18.4 Å². The number of nitrogens with one attached hydrogen (secondary N) is 1. The monoisotopic (exact) mass is 676 g/mol. The van der Waals surface area contributed by atoms with Crippen molar-refractivity contribution in [2.75, 3.05) is 40.9 Å². The number of allylic oxidation sites excluding steroid dienone is 2. The van der Waals surface area contributed by atoms with Crippen LogP contribution in [-0.4, -0.2) is 73.4 Å². The minimum atomic E-state index is -4.30. The molecule has 0 aliphatic heterocycles. The molecule has 0 fully saturated rings. The summed E-state index contributed by atoms with van der Waals surface area (Å²) in [6.07, 6.45) is 30.8. The van der Waals surface area contributed by atoms with Crippen LogP contribution in [0.25, 0.3) is 0 Å². The van der Waals surface area contributed by atoms with Gasteiger partial charge in [-0.25, -0.2) is 4.57 Å². The summed E-state index contributed by atoms with van der Waals surface area (Å²) in [5.41, 5.74) is 0. The number of unbranched alkanes of at least 4 members (excludes halogenated alkanes) is 19. The average molecular weight is 676 g/mol. The van der Waals surface area contributed by atoms with E-state index in [1.54, 1.807) is 0 Å². The van der Waals surface area contributed by atoms with Gasteiger partial charge in [0.05, 0.1) is 39.9 Å². The van der Waals surface area contributed by atoms with E-state index < -0.39 is 20.0 Å². The van der Waals surface area contributed by atoms with Gasteiger partial charge in [-0.05, 0) is 38.5 Å². The van der Waals surface area contributed by atoms with Crippen LogP contribution in [0.2, 0.25) is 0 Å². The summed E-state index contributed by atoms with van der Waals surface area (Å²) in [5, 5.41) is 13.8. The molecular weight excluding hydrogens is 599 g/mol. The Labute approximate surface area is 284 Å². The number of likely N-dealkylation sites (N-methyl/N-ethyl adjacent to an activating group) is 1. The van der Waals surface area contributed by atoms with Crippen molar-refractivity contribution in [3.63, 3.8) is 0 Å². The highest BCUT2D eigenvalue weighted by Crippen LogP contribution is 2.43. The molecule has 9 heteroatoms. The third-order valence-corrected chi connectivity index (χ3v) is 9.50. The summed E-state index contributed by atoms with van der Waals surface area (Å²) in [7, 11) is 1.61. The van der Waals surface area contributed by atoms with Crippen LogP contribution in [0.3, 0.4) is 0 Å². The first kappa shape index (κ1) is 45.2. The van der Waals surface area contributed by atoms with Crippen molar-refractivity contribution in [1.82, 2.24) is 5.32 Å². The normalized spacial score (nSPS) is 14.8. The number of phosphoric ester groups is 1. The summed E-state index contributed by atoms with van der Waals surface area (Å²) < 4.78 is 23.5. The number of aliphatic hydroxyl groups is 1. The van der Waals surface area contributed by atoms with Gasteiger partial charge in [0.2, 0.25) is 5.91 Å². The van der Waals surface area contributed by atoms with Crippen molar-refractivity contribution in [2.24, 2.45) is 0 Å². The Morgan fingerprint density at radius 2 is 1.17 bits per heavy atom. The summed E-state index contributed by atoms with van der Waals surface area (Å²) in [6.45, 7) is 4.83. The first-order valence-electron chi connectivity index (χ1n) is 19.1. The van der Waals surface area contributed by atoms with E-state index in [0.717, 1.165) is 51.4 Å². The first-order chi connectivity index (χ1) is 22.0.